The first-order valence-electron chi connectivity index (χ1n) is 8.19. The maximum absolute atomic E-state index is 10.0. The van der Waals surface area contributed by atoms with E-state index in [0.29, 0.717) is 26.3 Å². The number of ether oxygens (including phenoxy) is 2. The molecule has 0 unspecified atom stereocenters. The zero-order valence-electron chi connectivity index (χ0n) is 13.8. The number of benzene rings is 1. The Morgan fingerprint density at radius 3 is 2.84 bits per heavy atom. The zero-order chi connectivity index (χ0) is 17.3. The molecule has 0 saturated carbocycles. The van der Waals surface area contributed by atoms with Gasteiger partial charge in [0.1, 0.15) is 19.0 Å². The highest BCUT2D eigenvalue weighted by atomic mass is 16.5. The molecule has 0 fully saturated rings. The van der Waals surface area contributed by atoms with Gasteiger partial charge in [-0.3, -0.25) is 4.98 Å². The number of aliphatic hydroxyl groups excluding tert-OH is 1. The van der Waals surface area contributed by atoms with Gasteiger partial charge in [-0.2, -0.15) is 0 Å². The minimum atomic E-state index is -0.568. The summed E-state index contributed by atoms with van der Waals surface area (Å²) in [5.74, 6) is 0.801. The van der Waals surface area contributed by atoms with Gasteiger partial charge in [-0.1, -0.05) is 6.07 Å². The summed E-state index contributed by atoms with van der Waals surface area (Å²) >= 11 is 0. The fourth-order valence-electron chi connectivity index (χ4n) is 2.40. The highest BCUT2D eigenvalue weighted by molar-refractivity contribution is 5.73. The van der Waals surface area contributed by atoms with Crippen molar-refractivity contribution >= 4 is 12.1 Å². The van der Waals surface area contributed by atoms with Gasteiger partial charge in [-0.25, -0.2) is 4.99 Å². The second kappa shape index (κ2) is 8.96. The molecule has 2 aromatic rings. The molecule has 0 radical (unpaired) electrons. The normalized spacial score (nSPS) is 14.5. The van der Waals surface area contributed by atoms with Crippen molar-refractivity contribution in [1.82, 2.24) is 10.3 Å². The van der Waals surface area contributed by atoms with Gasteiger partial charge < -0.3 is 19.9 Å². The summed E-state index contributed by atoms with van der Waals surface area (Å²) in [5, 5.41) is 13.2. The molecule has 130 valence electrons. The van der Waals surface area contributed by atoms with Crippen molar-refractivity contribution in [2.45, 2.75) is 6.10 Å². The fraction of sp³-hybridized carbons (Fsp3) is 0.263. The molecule has 1 aliphatic heterocycles. The van der Waals surface area contributed by atoms with E-state index in [-0.39, 0.29) is 0 Å². The van der Waals surface area contributed by atoms with Gasteiger partial charge in [0, 0.05) is 36.6 Å². The van der Waals surface area contributed by atoms with Crippen LogP contribution in [0.4, 0.5) is 0 Å². The lowest BCUT2D eigenvalue weighted by molar-refractivity contribution is 0.171. The molecule has 25 heavy (non-hydrogen) atoms. The molecule has 1 aromatic carbocycles. The number of rotatable bonds is 8. The maximum Gasteiger partial charge on any atom is 0.174 e. The quantitative estimate of drug-likeness (QED) is 0.721. The summed E-state index contributed by atoms with van der Waals surface area (Å²) in [5.41, 5.74) is 2.74. The molecule has 3 rings (SSSR count). The van der Waals surface area contributed by atoms with Gasteiger partial charge in [0.15, 0.2) is 6.40 Å². The van der Waals surface area contributed by atoms with Crippen molar-refractivity contribution in [3.8, 4) is 5.75 Å². The van der Waals surface area contributed by atoms with Gasteiger partial charge in [0.25, 0.3) is 0 Å². The van der Waals surface area contributed by atoms with Crippen LogP contribution in [-0.4, -0.2) is 42.8 Å². The molecule has 6 heteroatoms. The molecule has 1 aliphatic rings. The summed E-state index contributed by atoms with van der Waals surface area (Å²) < 4.78 is 10.7. The Bertz CT molecular complexity index is 714. The Morgan fingerprint density at radius 1 is 1.24 bits per heavy atom. The minimum Gasteiger partial charge on any atom is -0.492 e. The Kier molecular flexibility index (Phi) is 6.14. The molecule has 6 nitrogen and oxygen atoms in total. The van der Waals surface area contributed by atoms with Crippen molar-refractivity contribution < 1.29 is 14.6 Å². The van der Waals surface area contributed by atoms with E-state index >= 15 is 0 Å². The third-order valence-electron chi connectivity index (χ3n) is 3.74. The molecular formula is C19H21N3O3. The van der Waals surface area contributed by atoms with Crippen molar-refractivity contribution in [1.29, 1.82) is 0 Å². The van der Waals surface area contributed by atoms with Crippen LogP contribution in [0.15, 0.2) is 59.9 Å². The van der Waals surface area contributed by atoms with Crippen molar-refractivity contribution in [2.24, 2.45) is 4.99 Å². The molecular weight excluding hydrogens is 318 g/mol. The van der Waals surface area contributed by atoms with Crippen LogP contribution in [0.3, 0.4) is 0 Å². The lowest BCUT2D eigenvalue weighted by Crippen LogP contribution is -2.26. The van der Waals surface area contributed by atoms with Gasteiger partial charge in [0.2, 0.25) is 0 Å². The number of aliphatic imine (C=N–C) groups is 1. The summed E-state index contributed by atoms with van der Waals surface area (Å²) in [7, 11) is 0. The number of aliphatic hydroxyl groups is 1. The molecule has 1 atom stereocenters. The van der Waals surface area contributed by atoms with Crippen LogP contribution >= 0.6 is 0 Å². The first-order chi connectivity index (χ1) is 12.3. The first-order valence-corrected chi connectivity index (χ1v) is 8.19. The number of nitrogens with one attached hydrogen (secondary N) is 1. The van der Waals surface area contributed by atoms with Gasteiger partial charge in [-0.15, -0.1) is 0 Å². The van der Waals surface area contributed by atoms with Gasteiger partial charge in [-0.05, 0) is 36.4 Å². The van der Waals surface area contributed by atoms with Crippen molar-refractivity contribution in [3.63, 3.8) is 0 Å². The highest BCUT2D eigenvalue weighted by Crippen LogP contribution is 2.20. The molecule has 0 amide bonds. The van der Waals surface area contributed by atoms with Crippen LogP contribution in [0.25, 0.3) is 5.70 Å². The fourth-order valence-corrected chi connectivity index (χ4v) is 2.40. The van der Waals surface area contributed by atoms with Crippen LogP contribution in [0.1, 0.15) is 17.2 Å². The minimum absolute atomic E-state index is 0.461. The van der Waals surface area contributed by atoms with Crippen molar-refractivity contribution in [2.75, 3.05) is 26.3 Å². The number of nitrogens with zero attached hydrogens (tertiary/aromatic N) is 2. The third-order valence-corrected chi connectivity index (χ3v) is 3.74. The predicted octanol–water partition coefficient (Wildman–Crippen LogP) is 2.18. The topological polar surface area (TPSA) is 76.0 Å². The molecule has 0 aliphatic carbocycles. The van der Waals surface area contributed by atoms with E-state index in [2.05, 4.69) is 15.3 Å². The Labute approximate surface area is 146 Å². The summed E-state index contributed by atoms with van der Waals surface area (Å²) in [6, 6.07) is 11.5. The number of hydrogen-bond donors (Lipinski definition) is 2. The molecule has 2 heterocycles. The van der Waals surface area contributed by atoms with E-state index in [9.17, 15) is 5.11 Å². The third kappa shape index (κ3) is 5.14. The SMILES string of the molecule is O[C@@H](CNCCOc1ccc(C2=CCOC=N2)cc1)c1cccnc1. The molecule has 2 N–H and O–H groups in total. The van der Waals surface area contributed by atoms with Crippen molar-refractivity contribution in [3.05, 3.63) is 66.0 Å². The van der Waals surface area contributed by atoms with Crippen LogP contribution < -0.4 is 10.1 Å². The Balaban J connectivity index is 1.38. The van der Waals surface area contributed by atoms with Gasteiger partial charge >= 0.3 is 0 Å². The number of pyridine rings is 1. The van der Waals surface area contributed by atoms with Crippen LogP contribution in [0.5, 0.6) is 5.75 Å². The average Bonchev–Trinajstić information content (AvgIpc) is 2.69. The average molecular weight is 339 g/mol. The number of aromatic nitrogens is 1. The van der Waals surface area contributed by atoms with E-state index in [1.807, 2.05) is 42.5 Å². The van der Waals surface area contributed by atoms with Crippen LogP contribution in [0, 0.1) is 0 Å². The second-order valence-corrected chi connectivity index (χ2v) is 5.54. The first kappa shape index (κ1) is 17.1. The van der Waals surface area contributed by atoms with E-state index in [0.717, 1.165) is 22.6 Å². The monoisotopic (exact) mass is 339 g/mol. The van der Waals surface area contributed by atoms with Gasteiger partial charge in [0.05, 0.1) is 11.8 Å². The highest BCUT2D eigenvalue weighted by Gasteiger charge is 2.06. The van der Waals surface area contributed by atoms with E-state index in [1.165, 1.54) is 6.40 Å². The summed E-state index contributed by atoms with van der Waals surface area (Å²) in [6.45, 7) is 2.18. The second-order valence-electron chi connectivity index (χ2n) is 5.54. The largest absolute Gasteiger partial charge is 0.492 e. The standard InChI is InChI=1S/C19H21N3O3/c23-19(16-2-1-8-20-12-16)13-21-9-11-25-17-5-3-15(4-6-17)18-7-10-24-14-22-18/h1-8,12,14,19,21,23H,9-11,13H2/t19-/m0/s1. The van der Waals surface area contributed by atoms with E-state index in [1.54, 1.807) is 12.4 Å². The predicted molar refractivity (Wildman–Crippen MR) is 96.4 cm³/mol. The smallest absolute Gasteiger partial charge is 0.174 e. The molecule has 0 saturated heterocycles. The zero-order valence-corrected chi connectivity index (χ0v) is 13.8. The Hall–Kier alpha value is -2.70. The molecule has 1 aromatic heterocycles. The van der Waals surface area contributed by atoms with E-state index < -0.39 is 6.10 Å². The van der Waals surface area contributed by atoms with Crippen LogP contribution in [-0.2, 0) is 4.74 Å². The Morgan fingerprint density at radius 2 is 2.12 bits per heavy atom. The lowest BCUT2D eigenvalue weighted by atomic mass is 10.1. The van der Waals surface area contributed by atoms with Crippen LogP contribution in [0.2, 0.25) is 0 Å². The maximum atomic E-state index is 10.0. The lowest BCUT2D eigenvalue weighted by Gasteiger charge is -2.12. The summed E-state index contributed by atoms with van der Waals surface area (Å²) in [4.78, 5) is 8.19. The number of hydrogen-bond acceptors (Lipinski definition) is 6. The van der Waals surface area contributed by atoms with E-state index in [4.69, 9.17) is 9.47 Å². The molecule has 0 bridgehead atoms. The molecule has 0 spiro atoms. The summed E-state index contributed by atoms with van der Waals surface area (Å²) in [6.07, 6.45) is 6.19.